The van der Waals surface area contributed by atoms with Crippen LogP contribution in [0.25, 0.3) is 0 Å². The van der Waals surface area contributed by atoms with Gasteiger partial charge in [-0.15, -0.1) is 5.11 Å². The first-order chi connectivity index (χ1) is 16.0. The number of azo groups is 2. The average Bonchev–Trinajstić information content (AvgIpc) is 2.83. The molecule has 0 fully saturated rings. The second-order valence-corrected chi connectivity index (χ2v) is 7.42. The van der Waals surface area contributed by atoms with E-state index in [1.54, 1.807) is 18.2 Å². The fraction of sp³-hybridized carbons (Fsp3) is 0.280. The summed E-state index contributed by atoms with van der Waals surface area (Å²) in [7, 11) is 2.02. The van der Waals surface area contributed by atoms with Crippen molar-refractivity contribution in [2.24, 2.45) is 20.5 Å². The van der Waals surface area contributed by atoms with Crippen molar-refractivity contribution in [3.8, 4) is 11.5 Å². The molecule has 0 bridgehead atoms. The smallest absolute Gasteiger partial charge is 0.167 e. The third kappa shape index (κ3) is 6.83. The number of nitrogens with zero attached hydrogens (tertiary/aromatic N) is 5. The maximum Gasteiger partial charge on any atom is 0.167 e. The summed E-state index contributed by atoms with van der Waals surface area (Å²) >= 11 is 0. The minimum atomic E-state index is -0.503. The number of aromatic hydroxyl groups is 1. The van der Waals surface area contributed by atoms with E-state index in [0.29, 0.717) is 23.7 Å². The molecule has 8 heteroatoms. The Balaban J connectivity index is 1.65. The molecule has 33 heavy (non-hydrogen) atoms. The maximum atomic E-state index is 14.1. The van der Waals surface area contributed by atoms with Gasteiger partial charge >= 0.3 is 0 Å². The van der Waals surface area contributed by atoms with E-state index in [1.165, 1.54) is 18.2 Å². The average molecular weight is 450 g/mol. The van der Waals surface area contributed by atoms with Gasteiger partial charge in [-0.2, -0.15) is 15.3 Å². The highest BCUT2D eigenvalue weighted by Crippen LogP contribution is 2.33. The Kier molecular flexibility index (Phi) is 8.46. The zero-order valence-electron chi connectivity index (χ0n) is 19.1. The van der Waals surface area contributed by atoms with Crippen LogP contribution < -0.4 is 9.64 Å². The number of anilines is 1. The van der Waals surface area contributed by atoms with Gasteiger partial charge in [0, 0.05) is 31.4 Å². The SMILES string of the molecule is CCCCOc1ccc(/N=N/c2ccc(/N=N/c3ccc(N(C)CC)cc3)cc2O)cc1F. The second-order valence-electron chi connectivity index (χ2n) is 7.42. The van der Waals surface area contributed by atoms with E-state index < -0.39 is 5.82 Å². The first-order valence-electron chi connectivity index (χ1n) is 10.9. The third-order valence-electron chi connectivity index (χ3n) is 4.95. The van der Waals surface area contributed by atoms with Crippen LogP contribution in [0.15, 0.2) is 81.1 Å². The molecule has 7 nitrogen and oxygen atoms in total. The summed E-state index contributed by atoms with van der Waals surface area (Å²) in [6, 6.07) is 16.8. The Labute approximate surface area is 193 Å². The second kappa shape index (κ2) is 11.7. The van der Waals surface area contributed by atoms with Crippen LogP contribution in [-0.4, -0.2) is 25.3 Å². The molecule has 0 aromatic heterocycles. The van der Waals surface area contributed by atoms with Crippen molar-refractivity contribution in [3.63, 3.8) is 0 Å². The van der Waals surface area contributed by atoms with Gasteiger partial charge in [-0.25, -0.2) is 4.39 Å². The van der Waals surface area contributed by atoms with E-state index >= 15 is 0 Å². The molecule has 0 saturated heterocycles. The minimum Gasteiger partial charge on any atom is -0.506 e. The zero-order chi connectivity index (χ0) is 23.6. The Bertz CT molecular complexity index is 1120. The Morgan fingerprint density at radius 3 is 2.15 bits per heavy atom. The third-order valence-corrected chi connectivity index (χ3v) is 4.95. The van der Waals surface area contributed by atoms with Crippen LogP contribution in [0.3, 0.4) is 0 Å². The Hall–Kier alpha value is -3.81. The number of phenols is 1. The molecule has 3 aromatic carbocycles. The van der Waals surface area contributed by atoms with Gasteiger partial charge in [-0.05, 0) is 61.9 Å². The van der Waals surface area contributed by atoms with Gasteiger partial charge in [-0.1, -0.05) is 13.3 Å². The number of unbranched alkanes of at least 4 members (excludes halogenated alkanes) is 1. The number of rotatable bonds is 10. The predicted octanol–water partition coefficient (Wildman–Crippen LogP) is 8.00. The van der Waals surface area contributed by atoms with Crippen LogP contribution in [0.1, 0.15) is 26.7 Å². The van der Waals surface area contributed by atoms with E-state index in [1.807, 2.05) is 38.2 Å². The van der Waals surface area contributed by atoms with E-state index in [4.69, 9.17) is 4.74 Å². The van der Waals surface area contributed by atoms with Gasteiger partial charge in [0.05, 0.1) is 23.7 Å². The lowest BCUT2D eigenvalue weighted by molar-refractivity contribution is 0.294. The molecule has 3 rings (SSSR count). The fourth-order valence-electron chi connectivity index (χ4n) is 2.84. The van der Waals surface area contributed by atoms with E-state index in [9.17, 15) is 9.50 Å². The van der Waals surface area contributed by atoms with Crippen LogP contribution >= 0.6 is 0 Å². The monoisotopic (exact) mass is 449 g/mol. The molecule has 0 spiro atoms. The van der Waals surface area contributed by atoms with Crippen LogP contribution in [0, 0.1) is 5.82 Å². The molecule has 172 valence electrons. The van der Waals surface area contributed by atoms with Crippen molar-refractivity contribution >= 4 is 28.4 Å². The number of ether oxygens (including phenoxy) is 1. The summed E-state index contributed by atoms with van der Waals surface area (Å²) in [5, 5.41) is 26.6. The lowest BCUT2D eigenvalue weighted by atomic mass is 10.2. The summed E-state index contributed by atoms with van der Waals surface area (Å²) in [6.45, 7) is 5.51. The number of phenolic OH excluding ortho intramolecular Hbond substituents is 1. The molecule has 0 unspecified atom stereocenters. The molecule has 0 amide bonds. The summed E-state index contributed by atoms with van der Waals surface area (Å²) in [5.41, 5.74) is 2.83. The topological polar surface area (TPSA) is 82.1 Å². The van der Waals surface area contributed by atoms with Gasteiger partial charge in [0.2, 0.25) is 0 Å². The molecule has 1 N–H and O–H groups in total. The van der Waals surface area contributed by atoms with Crippen molar-refractivity contribution < 1.29 is 14.2 Å². The number of halogens is 1. The number of benzene rings is 3. The molecule has 0 radical (unpaired) electrons. The van der Waals surface area contributed by atoms with E-state index in [0.717, 1.165) is 25.1 Å². The predicted molar refractivity (Wildman–Crippen MR) is 129 cm³/mol. The van der Waals surface area contributed by atoms with Crippen LogP contribution in [-0.2, 0) is 0 Å². The first-order valence-corrected chi connectivity index (χ1v) is 10.9. The number of hydrogen-bond acceptors (Lipinski definition) is 7. The fourth-order valence-corrected chi connectivity index (χ4v) is 2.84. The van der Waals surface area contributed by atoms with Gasteiger partial charge in [0.25, 0.3) is 0 Å². The molecular formula is C25H28FN5O2. The molecule has 0 atom stereocenters. The Morgan fingerprint density at radius 2 is 1.48 bits per heavy atom. The number of hydrogen-bond donors (Lipinski definition) is 1. The van der Waals surface area contributed by atoms with Gasteiger partial charge < -0.3 is 14.7 Å². The maximum absolute atomic E-state index is 14.1. The van der Waals surface area contributed by atoms with Crippen molar-refractivity contribution in [1.29, 1.82) is 0 Å². The zero-order valence-corrected chi connectivity index (χ0v) is 19.1. The summed E-state index contributed by atoms with van der Waals surface area (Å²) in [5.74, 6) is -0.418. The molecule has 0 aliphatic carbocycles. The van der Waals surface area contributed by atoms with E-state index in [-0.39, 0.29) is 17.2 Å². The van der Waals surface area contributed by atoms with Gasteiger partial charge in [0.15, 0.2) is 11.6 Å². The molecule has 0 aliphatic heterocycles. The summed E-state index contributed by atoms with van der Waals surface area (Å²) < 4.78 is 19.5. The highest BCUT2D eigenvalue weighted by atomic mass is 19.1. The quantitative estimate of drug-likeness (QED) is 0.251. The van der Waals surface area contributed by atoms with Crippen LogP contribution in [0.5, 0.6) is 11.5 Å². The Morgan fingerprint density at radius 1 is 0.848 bits per heavy atom. The molecular weight excluding hydrogens is 421 g/mol. The minimum absolute atomic E-state index is 0.102. The lowest BCUT2D eigenvalue weighted by Crippen LogP contribution is -2.15. The summed E-state index contributed by atoms with van der Waals surface area (Å²) in [4.78, 5) is 2.12. The first kappa shape index (κ1) is 23.8. The van der Waals surface area contributed by atoms with Crippen molar-refractivity contribution in [3.05, 3.63) is 66.5 Å². The van der Waals surface area contributed by atoms with Crippen LogP contribution in [0.4, 0.5) is 32.8 Å². The summed E-state index contributed by atoms with van der Waals surface area (Å²) in [6.07, 6.45) is 1.83. The van der Waals surface area contributed by atoms with Gasteiger partial charge in [0.1, 0.15) is 11.4 Å². The molecule has 0 aliphatic rings. The van der Waals surface area contributed by atoms with E-state index in [2.05, 4.69) is 32.3 Å². The molecule has 0 heterocycles. The van der Waals surface area contributed by atoms with Crippen molar-refractivity contribution in [2.75, 3.05) is 25.1 Å². The normalized spacial score (nSPS) is 11.4. The lowest BCUT2D eigenvalue weighted by Gasteiger charge is -2.16. The highest BCUT2D eigenvalue weighted by molar-refractivity contribution is 5.58. The molecule has 0 saturated carbocycles. The van der Waals surface area contributed by atoms with Crippen LogP contribution in [0.2, 0.25) is 0 Å². The van der Waals surface area contributed by atoms with Gasteiger partial charge in [-0.3, -0.25) is 0 Å². The van der Waals surface area contributed by atoms with Crippen molar-refractivity contribution in [2.45, 2.75) is 26.7 Å². The largest absolute Gasteiger partial charge is 0.506 e. The standard InChI is InChI=1S/C25H28FN5O2/c1-4-6-15-33-25-14-10-19(16-22(25)26)29-30-23-13-9-20(17-24(23)32)28-27-18-7-11-21(12-8-18)31(3)5-2/h7-14,16-17,32H,4-6,15H2,1-3H3/b28-27+,30-29+. The molecule has 3 aromatic rings. The highest BCUT2D eigenvalue weighted by Gasteiger charge is 2.06. The van der Waals surface area contributed by atoms with Crippen molar-refractivity contribution in [1.82, 2.24) is 0 Å².